The summed E-state index contributed by atoms with van der Waals surface area (Å²) in [6, 6.07) is 36.1. The topological polar surface area (TPSA) is 14.2 Å². The second-order valence-electron chi connectivity index (χ2n) is 8.82. The van der Waals surface area contributed by atoms with Gasteiger partial charge in [-0.25, -0.2) is 0 Å². The van der Waals surface area contributed by atoms with Gasteiger partial charge in [-0.2, -0.15) is 0 Å². The standard InChI is InChI=1S/C32H31NO/c1-25(26-13-5-4-6-14-26)27-19-21-28(22-20-27)34-24-12-3-2-11-23-33-31-17-9-7-15-29(31)30-16-8-10-18-32(30)33/h4-10,13-22H,1-3,11-12,23-24H2. The van der Waals surface area contributed by atoms with Crippen molar-refractivity contribution in [2.45, 2.75) is 32.2 Å². The summed E-state index contributed by atoms with van der Waals surface area (Å²) in [4.78, 5) is 0. The molecule has 0 amide bonds. The lowest BCUT2D eigenvalue weighted by Gasteiger charge is -2.10. The van der Waals surface area contributed by atoms with E-state index in [-0.39, 0.29) is 0 Å². The van der Waals surface area contributed by atoms with Crippen molar-refractivity contribution in [1.29, 1.82) is 0 Å². The molecule has 5 rings (SSSR count). The van der Waals surface area contributed by atoms with Crippen LogP contribution in [0.15, 0.2) is 110 Å². The van der Waals surface area contributed by atoms with E-state index in [0.717, 1.165) is 42.0 Å². The molecule has 0 saturated carbocycles. The molecular weight excluding hydrogens is 414 g/mol. The Balaban J connectivity index is 1.07. The lowest BCUT2D eigenvalue weighted by molar-refractivity contribution is 0.304. The lowest BCUT2D eigenvalue weighted by Crippen LogP contribution is -2.00. The van der Waals surface area contributed by atoms with E-state index in [9.17, 15) is 0 Å². The number of unbranched alkanes of at least 4 members (excludes halogenated alkanes) is 3. The monoisotopic (exact) mass is 445 g/mol. The number of para-hydroxylation sites is 2. The molecule has 1 aromatic heterocycles. The van der Waals surface area contributed by atoms with Crippen LogP contribution >= 0.6 is 0 Å². The van der Waals surface area contributed by atoms with Crippen LogP contribution in [0.4, 0.5) is 0 Å². The van der Waals surface area contributed by atoms with Crippen molar-refractivity contribution in [3.05, 3.63) is 121 Å². The molecule has 34 heavy (non-hydrogen) atoms. The van der Waals surface area contributed by atoms with Crippen LogP contribution in [0.25, 0.3) is 27.4 Å². The first-order valence-electron chi connectivity index (χ1n) is 12.2. The number of rotatable bonds is 10. The molecule has 0 saturated heterocycles. The fraction of sp³-hybridized carbons (Fsp3) is 0.188. The molecule has 0 aliphatic carbocycles. The Hall–Kier alpha value is -3.78. The molecular formula is C32H31NO. The van der Waals surface area contributed by atoms with E-state index in [0.29, 0.717) is 0 Å². The zero-order chi connectivity index (χ0) is 23.2. The number of benzene rings is 4. The van der Waals surface area contributed by atoms with Gasteiger partial charge in [0.2, 0.25) is 0 Å². The van der Waals surface area contributed by atoms with Crippen molar-refractivity contribution in [2.24, 2.45) is 0 Å². The number of nitrogens with zero attached hydrogens (tertiary/aromatic N) is 1. The van der Waals surface area contributed by atoms with E-state index in [1.807, 2.05) is 30.3 Å². The number of fused-ring (bicyclic) bond motifs is 3. The molecule has 5 aromatic rings. The summed E-state index contributed by atoms with van der Waals surface area (Å²) in [5.74, 6) is 0.926. The highest BCUT2D eigenvalue weighted by Gasteiger charge is 2.09. The number of aromatic nitrogens is 1. The maximum Gasteiger partial charge on any atom is 0.119 e. The van der Waals surface area contributed by atoms with Crippen molar-refractivity contribution in [3.63, 3.8) is 0 Å². The van der Waals surface area contributed by atoms with Gasteiger partial charge >= 0.3 is 0 Å². The first kappa shape index (κ1) is 22.0. The van der Waals surface area contributed by atoms with Crippen LogP contribution in [0.2, 0.25) is 0 Å². The first-order chi connectivity index (χ1) is 16.8. The van der Waals surface area contributed by atoms with Crippen molar-refractivity contribution in [1.82, 2.24) is 4.57 Å². The second-order valence-corrected chi connectivity index (χ2v) is 8.82. The average Bonchev–Trinajstić information content (AvgIpc) is 3.22. The first-order valence-corrected chi connectivity index (χ1v) is 12.2. The molecule has 2 heteroatoms. The molecule has 0 atom stereocenters. The van der Waals surface area contributed by atoms with Crippen LogP contribution in [0.3, 0.4) is 0 Å². The van der Waals surface area contributed by atoms with E-state index in [2.05, 4.69) is 83.9 Å². The minimum absolute atomic E-state index is 0.758. The van der Waals surface area contributed by atoms with Gasteiger partial charge in [0, 0.05) is 28.4 Å². The van der Waals surface area contributed by atoms with Crippen LogP contribution in [0, 0.1) is 0 Å². The predicted molar refractivity (Wildman–Crippen MR) is 144 cm³/mol. The number of hydrogen-bond acceptors (Lipinski definition) is 1. The Morgan fingerprint density at radius 2 is 1.15 bits per heavy atom. The summed E-state index contributed by atoms with van der Waals surface area (Å²) < 4.78 is 8.46. The smallest absolute Gasteiger partial charge is 0.119 e. The third kappa shape index (κ3) is 4.77. The summed E-state index contributed by atoms with van der Waals surface area (Å²) in [5, 5.41) is 2.70. The van der Waals surface area contributed by atoms with Gasteiger partial charge in [0.1, 0.15) is 5.75 Å². The van der Waals surface area contributed by atoms with Gasteiger partial charge in [-0.05, 0) is 53.8 Å². The van der Waals surface area contributed by atoms with Crippen LogP contribution in [0.5, 0.6) is 5.75 Å². The van der Waals surface area contributed by atoms with Gasteiger partial charge < -0.3 is 9.30 Å². The zero-order valence-electron chi connectivity index (χ0n) is 19.6. The highest BCUT2D eigenvalue weighted by Crippen LogP contribution is 2.29. The van der Waals surface area contributed by atoms with E-state index >= 15 is 0 Å². The number of ether oxygens (including phenoxy) is 1. The van der Waals surface area contributed by atoms with Crippen molar-refractivity contribution >= 4 is 27.4 Å². The molecule has 0 radical (unpaired) electrons. The summed E-state index contributed by atoms with van der Waals surface area (Å²) >= 11 is 0. The largest absolute Gasteiger partial charge is 0.494 e. The highest BCUT2D eigenvalue weighted by molar-refractivity contribution is 6.07. The Bertz CT molecular complexity index is 1330. The van der Waals surface area contributed by atoms with Crippen molar-refractivity contribution in [3.8, 4) is 5.75 Å². The molecule has 1 heterocycles. The van der Waals surface area contributed by atoms with Gasteiger partial charge in [-0.1, -0.05) is 98.3 Å². The van der Waals surface area contributed by atoms with Crippen LogP contribution < -0.4 is 4.74 Å². The van der Waals surface area contributed by atoms with Gasteiger partial charge in [-0.3, -0.25) is 0 Å². The van der Waals surface area contributed by atoms with Gasteiger partial charge in [-0.15, -0.1) is 0 Å². The van der Waals surface area contributed by atoms with Crippen LogP contribution in [-0.2, 0) is 6.54 Å². The summed E-state index contributed by atoms with van der Waals surface area (Å²) in [6.45, 7) is 6.05. The predicted octanol–water partition coefficient (Wildman–Crippen LogP) is 8.50. The van der Waals surface area contributed by atoms with Gasteiger partial charge in [0.05, 0.1) is 6.61 Å². The molecule has 0 spiro atoms. The molecule has 0 unspecified atom stereocenters. The second kappa shape index (κ2) is 10.4. The average molecular weight is 446 g/mol. The van der Waals surface area contributed by atoms with E-state index in [1.54, 1.807) is 0 Å². The third-order valence-electron chi connectivity index (χ3n) is 6.55. The lowest BCUT2D eigenvalue weighted by atomic mass is 10.00. The van der Waals surface area contributed by atoms with Gasteiger partial charge in [0.25, 0.3) is 0 Å². The maximum atomic E-state index is 5.98. The number of aryl methyl sites for hydroxylation is 1. The fourth-order valence-corrected chi connectivity index (χ4v) is 4.72. The summed E-state index contributed by atoms with van der Waals surface area (Å²) in [6.07, 6.45) is 4.64. The highest BCUT2D eigenvalue weighted by atomic mass is 16.5. The van der Waals surface area contributed by atoms with E-state index < -0.39 is 0 Å². The number of hydrogen-bond donors (Lipinski definition) is 0. The van der Waals surface area contributed by atoms with Crippen LogP contribution in [0.1, 0.15) is 36.8 Å². The minimum atomic E-state index is 0.758. The van der Waals surface area contributed by atoms with E-state index in [4.69, 9.17) is 4.74 Å². The Labute approximate surface area is 202 Å². The van der Waals surface area contributed by atoms with Crippen LogP contribution in [-0.4, -0.2) is 11.2 Å². The summed E-state index contributed by atoms with van der Waals surface area (Å²) in [5.41, 5.74) is 5.99. The molecule has 0 bridgehead atoms. The minimum Gasteiger partial charge on any atom is -0.494 e. The normalized spacial score (nSPS) is 11.2. The molecule has 4 aromatic carbocycles. The van der Waals surface area contributed by atoms with Crippen molar-refractivity contribution < 1.29 is 4.74 Å². The molecule has 0 aliphatic heterocycles. The zero-order valence-corrected chi connectivity index (χ0v) is 19.6. The van der Waals surface area contributed by atoms with Crippen molar-refractivity contribution in [2.75, 3.05) is 6.61 Å². The Morgan fingerprint density at radius 3 is 1.82 bits per heavy atom. The van der Waals surface area contributed by atoms with Gasteiger partial charge in [0.15, 0.2) is 0 Å². The molecule has 0 N–H and O–H groups in total. The Kier molecular flexibility index (Phi) is 6.76. The summed E-state index contributed by atoms with van der Waals surface area (Å²) in [7, 11) is 0. The Morgan fingerprint density at radius 1 is 0.588 bits per heavy atom. The molecule has 170 valence electrons. The molecule has 0 fully saturated rings. The fourth-order valence-electron chi connectivity index (χ4n) is 4.72. The quantitative estimate of drug-likeness (QED) is 0.197. The molecule has 2 nitrogen and oxygen atoms in total. The third-order valence-corrected chi connectivity index (χ3v) is 6.55. The molecule has 0 aliphatic rings. The maximum absolute atomic E-state index is 5.98. The SMILES string of the molecule is C=C(c1ccccc1)c1ccc(OCCCCCCn2c3ccccc3c3ccccc32)cc1. The van der Waals surface area contributed by atoms with E-state index in [1.165, 1.54) is 41.1 Å².